The van der Waals surface area contributed by atoms with Gasteiger partial charge in [-0.05, 0) is 19.1 Å². The average molecular weight is 275 g/mol. The molecule has 0 aliphatic rings. The van der Waals surface area contributed by atoms with Gasteiger partial charge in [-0.25, -0.2) is 4.79 Å². The van der Waals surface area contributed by atoms with E-state index in [2.05, 4.69) is 5.32 Å². The van der Waals surface area contributed by atoms with Crippen LogP contribution in [0.5, 0.6) is 5.75 Å². The van der Waals surface area contributed by atoms with Gasteiger partial charge in [0.05, 0.1) is 19.2 Å². The van der Waals surface area contributed by atoms with E-state index < -0.39 is 5.97 Å². The van der Waals surface area contributed by atoms with Crippen molar-refractivity contribution in [3.05, 3.63) is 53.5 Å². The second kappa shape index (κ2) is 6.25. The van der Waals surface area contributed by atoms with Crippen molar-refractivity contribution in [1.29, 1.82) is 0 Å². The van der Waals surface area contributed by atoms with Crippen LogP contribution in [0, 0.1) is 0 Å². The van der Waals surface area contributed by atoms with Crippen LogP contribution in [-0.2, 0) is 6.54 Å². The quantitative estimate of drug-likeness (QED) is 0.848. The molecule has 2 N–H and O–H groups in total. The monoisotopic (exact) mass is 275 g/mol. The maximum atomic E-state index is 10.8. The van der Waals surface area contributed by atoms with Gasteiger partial charge in [-0.15, -0.1) is 0 Å². The van der Waals surface area contributed by atoms with Gasteiger partial charge in [0.15, 0.2) is 0 Å². The highest BCUT2D eigenvalue weighted by Crippen LogP contribution is 2.24. The first-order chi connectivity index (χ1) is 9.61. The SMILES string of the molecule is COc1ccccc1[C@@H](C)NCc1cc(C(=O)O)co1. The molecular formula is C15H17NO4. The summed E-state index contributed by atoms with van der Waals surface area (Å²) < 4.78 is 10.5. The molecule has 0 amide bonds. The summed E-state index contributed by atoms with van der Waals surface area (Å²) >= 11 is 0. The minimum atomic E-state index is -0.988. The van der Waals surface area contributed by atoms with Gasteiger partial charge >= 0.3 is 5.97 Å². The van der Waals surface area contributed by atoms with Crippen molar-refractivity contribution in [1.82, 2.24) is 5.32 Å². The molecule has 0 saturated heterocycles. The maximum Gasteiger partial charge on any atom is 0.338 e. The van der Waals surface area contributed by atoms with Crippen LogP contribution in [0.4, 0.5) is 0 Å². The molecule has 1 heterocycles. The molecule has 2 rings (SSSR count). The number of carbonyl (C=O) groups is 1. The molecule has 0 radical (unpaired) electrons. The van der Waals surface area contributed by atoms with Crippen LogP contribution in [0.3, 0.4) is 0 Å². The third-order valence-electron chi connectivity index (χ3n) is 3.09. The molecule has 0 aliphatic carbocycles. The fourth-order valence-corrected chi connectivity index (χ4v) is 1.97. The number of rotatable bonds is 6. The van der Waals surface area contributed by atoms with Gasteiger partial charge in [0.25, 0.3) is 0 Å². The van der Waals surface area contributed by atoms with Gasteiger partial charge in [-0.2, -0.15) is 0 Å². The van der Waals surface area contributed by atoms with E-state index in [1.807, 2.05) is 31.2 Å². The number of nitrogens with one attached hydrogen (secondary N) is 1. The molecular weight excluding hydrogens is 258 g/mol. The van der Waals surface area contributed by atoms with Crippen LogP contribution < -0.4 is 10.1 Å². The molecule has 5 nitrogen and oxygen atoms in total. The number of para-hydroxylation sites is 1. The molecule has 1 aromatic heterocycles. The molecule has 5 heteroatoms. The highest BCUT2D eigenvalue weighted by molar-refractivity contribution is 5.87. The number of benzene rings is 1. The molecule has 20 heavy (non-hydrogen) atoms. The molecule has 1 atom stereocenters. The lowest BCUT2D eigenvalue weighted by atomic mass is 10.1. The summed E-state index contributed by atoms with van der Waals surface area (Å²) in [6.45, 7) is 2.46. The molecule has 1 aromatic carbocycles. The van der Waals surface area contributed by atoms with E-state index in [9.17, 15) is 4.79 Å². The van der Waals surface area contributed by atoms with E-state index in [0.717, 1.165) is 11.3 Å². The lowest BCUT2D eigenvalue weighted by Crippen LogP contribution is -2.18. The lowest BCUT2D eigenvalue weighted by Gasteiger charge is -2.16. The number of hydrogen-bond donors (Lipinski definition) is 2. The molecule has 0 aliphatic heterocycles. The van der Waals surface area contributed by atoms with Crippen LogP contribution in [0.1, 0.15) is 34.6 Å². The zero-order valence-electron chi connectivity index (χ0n) is 11.4. The van der Waals surface area contributed by atoms with E-state index in [4.69, 9.17) is 14.3 Å². The van der Waals surface area contributed by atoms with Crippen molar-refractivity contribution in [3.8, 4) is 5.75 Å². The number of furan rings is 1. The van der Waals surface area contributed by atoms with Crippen LogP contribution in [0.2, 0.25) is 0 Å². The Labute approximate surface area is 117 Å². The highest BCUT2D eigenvalue weighted by Gasteiger charge is 2.12. The van der Waals surface area contributed by atoms with Crippen LogP contribution >= 0.6 is 0 Å². The molecule has 0 bridgehead atoms. The Bertz CT molecular complexity index is 591. The number of methoxy groups -OCH3 is 1. The van der Waals surface area contributed by atoms with Gasteiger partial charge in [-0.1, -0.05) is 18.2 Å². The molecule has 0 spiro atoms. The number of ether oxygens (including phenoxy) is 1. The van der Waals surface area contributed by atoms with Gasteiger partial charge in [-0.3, -0.25) is 0 Å². The minimum absolute atomic E-state index is 0.0597. The van der Waals surface area contributed by atoms with E-state index in [-0.39, 0.29) is 11.6 Å². The normalized spacial score (nSPS) is 12.1. The number of hydrogen-bond acceptors (Lipinski definition) is 4. The van der Waals surface area contributed by atoms with Crippen LogP contribution in [-0.4, -0.2) is 18.2 Å². The minimum Gasteiger partial charge on any atom is -0.496 e. The third-order valence-corrected chi connectivity index (χ3v) is 3.09. The van der Waals surface area contributed by atoms with Crippen molar-refractivity contribution in [2.24, 2.45) is 0 Å². The Morgan fingerprint density at radius 1 is 1.45 bits per heavy atom. The Morgan fingerprint density at radius 3 is 2.85 bits per heavy atom. The molecule has 0 saturated carbocycles. The summed E-state index contributed by atoms with van der Waals surface area (Å²) in [7, 11) is 1.64. The number of carboxylic acid groups (broad SMARTS) is 1. The fraction of sp³-hybridized carbons (Fsp3) is 0.267. The second-order valence-electron chi connectivity index (χ2n) is 4.45. The van der Waals surface area contributed by atoms with Crippen molar-refractivity contribution in [3.63, 3.8) is 0 Å². The summed E-state index contributed by atoms with van der Waals surface area (Å²) in [5, 5.41) is 12.1. The highest BCUT2D eigenvalue weighted by atomic mass is 16.5. The molecule has 2 aromatic rings. The zero-order chi connectivity index (χ0) is 14.5. The molecule has 106 valence electrons. The summed E-state index contributed by atoms with van der Waals surface area (Å²) in [5.74, 6) is 0.417. The second-order valence-corrected chi connectivity index (χ2v) is 4.45. The van der Waals surface area contributed by atoms with E-state index >= 15 is 0 Å². The third kappa shape index (κ3) is 3.19. The number of aromatic carboxylic acids is 1. The van der Waals surface area contributed by atoms with Crippen molar-refractivity contribution in [2.45, 2.75) is 19.5 Å². The first kappa shape index (κ1) is 14.1. The summed E-state index contributed by atoms with van der Waals surface area (Å²) in [5.41, 5.74) is 1.20. The maximum absolute atomic E-state index is 10.8. The van der Waals surface area contributed by atoms with E-state index in [0.29, 0.717) is 12.3 Å². The van der Waals surface area contributed by atoms with E-state index in [1.54, 1.807) is 7.11 Å². The first-order valence-electron chi connectivity index (χ1n) is 6.29. The Hall–Kier alpha value is -2.27. The van der Waals surface area contributed by atoms with Crippen molar-refractivity contribution in [2.75, 3.05) is 7.11 Å². The average Bonchev–Trinajstić information content (AvgIpc) is 2.94. The summed E-state index contributed by atoms with van der Waals surface area (Å²) in [6.07, 6.45) is 1.24. The van der Waals surface area contributed by atoms with Crippen LogP contribution in [0.25, 0.3) is 0 Å². The predicted molar refractivity (Wildman–Crippen MR) is 73.9 cm³/mol. The predicted octanol–water partition coefficient (Wildman–Crippen LogP) is 2.84. The largest absolute Gasteiger partial charge is 0.496 e. The van der Waals surface area contributed by atoms with Gasteiger partial charge in [0.1, 0.15) is 17.8 Å². The van der Waals surface area contributed by atoms with Crippen molar-refractivity contribution >= 4 is 5.97 Å². The Kier molecular flexibility index (Phi) is 4.42. The zero-order valence-corrected chi connectivity index (χ0v) is 11.4. The van der Waals surface area contributed by atoms with Gasteiger partial charge in [0.2, 0.25) is 0 Å². The topological polar surface area (TPSA) is 71.7 Å². The lowest BCUT2D eigenvalue weighted by molar-refractivity contribution is 0.0696. The molecule has 0 unspecified atom stereocenters. The Balaban J connectivity index is 2.00. The number of carboxylic acids is 1. The Morgan fingerprint density at radius 2 is 2.20 bits per heavy atom. The van der Waals surface area contributed by atoms with Gasteiger partial charge in [0, 0.05) is 11.6 Å². The summed E-state index contributed by atoms with van der Waals surface area (Å²) in [4.78, 5) is 10.8. The van der Waals surface area contributed by atoms with Crippen molar-refractivity contribution < 1.29 is 19.1 Å². The standard InChI is InChI=1S/C15H17NO4/c1-10(13-5-3-4-6-14(13)19-2)16-8-12-7-11(9-20-12)15(17)18/h3-7,9-10,16H,8H2,1-2H3,(H,17,18)/t10-/m1/s1. The molecule has 0 fully saturated rings. The fourth-order valence-electron chi connectivity index (χ4n) is 1.97. The van der Waals surface area contributed by atoms with Crippen LogP contribution in [0.15, 0.2) is 41.0 Å². The van der Waals surface area contributed by atoms with Gasteiger partial charge < -0.3 is 19.6 Å². The first-order valence-corrected chi connectivity index (χ1v) is 6.29. The van der Waals surface area contributed by atoms with E-state index in [1.165, 1.54) is 12.3 Å². The smallest absolute Gasteiger partial charge is 0.338 e. The summed E-state index contributed by atoms with van der Waals surface area (Å²) in [6, 6.07) is 9.34.